The zero-order valence-electron chi connectivity index (χ0n) is 19.6. The van der Waals surface area contributed by atoms with Crippen molar-refractivity contribution in [2.24, 2.45) is 5.41 Å². The third kappa shape index (κ3) is 4.31. The number of pyridine rings is 1. The van der Waals surface area contributed by atoms with Gasteiger partial charge in [-0.15, -0.1) is 0 Å². The van der Waals surface area contributed by atoms with Crippen molar-refractivity contribution in [3.63, 3.8) is 0 Å². The lowest BCUT2D eigenvalue weighted by Gasteiger charge is -2.33. The number of hydrogen-bond donors (Lipinski definition) is 1. The van der Waals surface area contributed by atoms with E-state index in [0.717, 1.165) is 53.5 Å². The van der Waals surface area contributed by atoms with E-state index in [2.05, 4.69) is 25.9 Å². The van der Waals surface area contributed by atoms with Crippen LogP contribution in [0.1, 0.15) is 67.1 Å². The molecular weight excluding hydrogens is 402 g/mol. The Morgan fingerprint density at radius 3 is 2.56 bits per heavy atom. The van der Waals surface area contributed by atoms with Crippen molar-refractivity contribution in [2.45, 2.75) is 73.1 Å². The third-order valence-electron chi connectivity index (χ3n) is 6.63. The monoisotopic (exact) mass is 433 g/mol. The summed E-state index contributed by atoms with van der Waals surface area (Å²) in [6.07, 6.45) is 6.57. The highest BCUT2D eigenvalue weighted by Crippen LogP contribution is 2.40. The molecule has 4 rings (SSSR count). The van der Waals surface area contributed by atoms with Gasteiger partial charge in [-0.3, -0.25) is 9.78 Å². The van der Waals surface area contributed by atoms with E-state index >= 15 is 0 Å². The van der Waals surface area contributed by atoms with Gasteiger partial charge in [0, 0.05) is 23.9 Å². The van der Waals surface area contributed by atoms with Crippen molar-refractivity contribution in [2.75, 3.05) is 0 Å². The predicted molar refractivity (Wildman–Crippen MR) is 124 cm³/mol. The molecule has 3 aromatic rings. The van der Waals surface area contributed by atoms with Gasteiger partial charge in [0.05, 0.1) is 5.56 Å². The number of fused-ring (bicyclic) bond motifs is 1. The topological polar surface area (TPSA) is 89.1 Å². The van der Waals surface area contributed by atoms with Gasteiger partial charge in [-0.1, -0.05) is 25.9 Å². The Labute approximate surface area is 189 Å². The fourth-order valence-electron chi connectivity index (χ4n) is 4.85. The van der Waals surface area contributed by atoms with Crippen molar-refractivity contribution in [1.82, 2.24) is 15.1 Å². The summed E-state index contributed by atoms with van der Waals surface area (Å²) < 4.78 is 5.71. The molecule has 1 aliphatic rings. The van der Waals surface area contributed by atoms with Crippen LogP contribution in [0.2, 0.25) is 0 Å². The number of hydrogen-bond acceptors (Lipinski definition) is 5. The third-order valence-corrected chi connectivity index (χ3v) is 6.63. The SMILES string of the molecule is CCc1ncc(-c2nc(-c3cc(C)c(CCC(=O)O)c(C)c3)no2)c2c1CC(C)(C)CC2. The Bertz CT molecular complexity index is 1150. The molecule has 1 aliphatic carbocycles. The summed E-state index contributed by atoms with van der Waals surface area (Å²) in [5.41, 5.74) is 9.05. The minimum atomic E-state index is -0.787. The maximum atomic E-state index is 11.0. The van der Waals surface area contributed by atoms with Gasteiger partial charge >= 0.3 is 5.97 Å². The summed E-state index contributed by atoms with van der Waals surface area (Å²) in [6.45, 7) is 10.8. The van der Waals surface area contributed by atoms with E-state index in [9.17, 15) is 4.79 Å². The Morgan fingerprint density at radius 1 is 1.19 bits per heavy atom. The van der Waals surface area contributed by atoms with Gasteiger partial charge in [0.25, 0.3) is 5.89 Å². The van der Waals surface area contributed by atoms with Crippen LogP contribution in [-0.2, 0) is 30.5 Å². The predicted octanol–water partition coefficient (Wildman–Crippen LogP) is 5.51. The average Bonchev–Trinajstić information content (AvgIpc) is 3.21. The second kappa shape index (κ2) is 8.49. The standard InChI is InChI=1S/C26H31N3O3/c1-6-22-20-13-26(4,5)10-9-19(20)21(14-27-22)25-28-24(29-32-25)17-11-15(2)18(16(3)12-17)7-8-23(30)31/h11-12,14H,6-10,13H2,1-5H3,(H,30,31). The van der Waals surface area contributed by atoms with Gasteiger partial charge in [0.1, 0.15) is 0 Å². The Hall–Kier alpha value is -3.02. The van der Waals surface area contributed by atoms with Crippen LogP contribution in [0, 0.1) is 19.3 Å². The first-order valence-corrected chi connectivity index (χ1v) is 11.3. The lowest BCUT2D eigenvalue weighted by Crippen LogP contribution is -2.24. The molecule has 1 aromatic carbocycles. The van der Waals surface area contributed by atoms with Crippen LogP contribution < -0.4 is 0 Å². The fraction of sp³-hybridized carbons (Fsp3) is 0.462. The number of carboxylic acids is 1. The number of carbonyl (C=O) groups is 1. The Kier molecular flexibility index (Phi) is 5.89. The number of aliphatic carboxylic acids is 1. The van der Waals surface area contributed by atoms with E-state index in [1.807, 2.05) is 32.2 Å². The highest BCUT2D eigenvalue weighted by molar-refractivity contribution is 5.68. The van der Waals surface area contributed by atoms with Crippen LogP contribution in [0.25, 0.3) is 22.8 Å². The number of carboxylic acid groups (broad SMARTS) is 1. The number of aryl methyl sites for hydroxylation is 3. The van der Waals surface area contributed by atoms with Gasteiger partial charge in [-0.25, -0.2) is 0 Å². The highest BCUT2D eigenvalue weighted by atomic mass is 16.5. The molecule has 168 valence electrons. The summed E-state index contributed by atoms with van der Waals surface area (Å²) in [4.78, 5) is 20.4. The van der Waals surface area contributed by atoms with Gasteiger partial charge in [0.2, 0.25) is 5.82 Å². The van der Waals surface area contributed by atoms with Crippen molar-refractivity contribution >= 4 is 5.97 Å². The molecule has 0 fully saturated rings. The molecule has 0 radical (unpaired) electrons. The van der Waals surface area contributed by atoms with Crippen LogP contribution in [0.3, 0.4) is 0 Å². The summed E-state index contributed by atoms with van der Waals surface area (Å²) in [6, 6.07) is 4.02. The molecule has 0 bridgehead atoms. The zero-order chi connectivity index (χ0) is 23.0. The molecule has 0 atom stereocenters. The second-order valence-electron chi connectivity index (χ2n) is 9.68. The first-order valence-electron chi connectivity index (χ1n) is 11.3. The van der Waals surface area contributed by atoms with Crippen LogP contribution in [0.4, 0.5) is 0 Å². The van der Waals surface area contributed by atoms with Gasteiger partial charge < -0.3 is 9.63 Å². The van der Waals surface area contributed by atoms with E-state index in [4.69, 9.17) is 19.6 Å². The minimum Gasteiger partial charge on any atom is -0.481 e. The molecule has 2 aromatic heterocycles. The molecule has 6 nitrogen and oxygen atoms in total. The second-order valence-corrected chi connectivity index (χ2v) is 9.68. The molecule has 2 heterocycles. The van der Waals surface area contributed by atoms with Gasteiger partial charge in [-0.05, 0) is 91.3 Å². The minimum absolute atomic E-state index is 0.121. The first kappa shape index (κ1) is 22.2. The van der Waals surface area contributed by atoms with Gasteiger partial charge in [-0.2, -0.15) is 4.98 Å². The Balaban J connectivity index is 1.69. The number of aromatic nitrogens is 3. The van der Waals surface area contributed by atoms with Crippen LogP contribution >= 0.6 is 0 Å². The van der Waals surface area contributed by atoms with Crippen molar-refractivity contribution in [3.05, 3.63) is 51.8 Å². The normalized spacial score (nSPS) is 14.9. The van der Waals surface area contributed by atoms with E-state index in [1.165, 1.54) is 16.8 Å². The molecule has 0 saturated carbocycles. The summed E-state index contributed by atoms with van der Waals surface area (Å²) in [5, 5.41) is 13.3. The van der Waals surface area contributed by atoms with E-state index in [0.29, 0.717) is 18.1 Å². The summed E-state index contributed by atoms with van der Waals surface area (Å²) in [5.74, 6) is 0.266. The van der Waals surface area contributed by atoms with Crippen molar-refractivity contribution in [1.29, 1.82) is 0 Å². The van der Waals surface area contributed by atoms with E-state index < -0.39 is 5.97 Å². The molecule has 0 aliphatic heterocycles. The zero-order valence-corrected chi connectivity index (χ0v) is 19.6. The summed E-state index contributed by atoms with van der Waals surface area (Å²) >= 11 is 0. The largest absolute Gasteiger partial charge is 0.481 e. The molecule has 0 saturated heterocycles. The van der Waals surface area contributed by atoms with Crippen molar-refractivity contribution in [3.8, 4) is 22.8 Å². The maximum Gasteiger partial charge on any atom is 0.303 e. The Morgan fingerprint density at radius 2 is 1.91 bits per heavy atom. The molecule has 32 heavy (non-hydrogen) atoms. The smallest absolute Gasteiger partial charge is 0.303 e. The molecule has 1 N–H and O–H groups in total. The number of benzene rings is 1. The molecular formula is C26H31N3O3. The molecule has 6 heteroatoms. The lowest BCUT2D eigenvalue weighted by molar-refractivity contribution is -0.136. The van der Waals surface area contributed by atoms with E-state index in [1.54, 1.807) is 0 Å². The fourth-order valence-corrected chi connectivity index (χ4v) is 4.85. The molecule has 0 unspecified atom stereocenters. The summed E-state index contributed by atoms with van der Waals surface area (Å²) in [7, 11) is 0. The average molecular weight is 434 g/mol. The van der Waals surface area contributed by atoms with E-state index in [-0.39, 0.29) is 11.8 Å². The van der Waals surface area contributed by atoms with Crippen LogP contribution in [-0.4, -0.2) is 26.2 Å². The highest BCUT2D eigenvalue weighted by Gasteiger charge is 2.30. The van der Waals surface area contributed by atoms with Crippen LogP contribution in [0.15, 0.2) is 22.9 Å². The van der Waals surface area contributed by atoms with Crippen LogP contribution in [0.5, 0.6) is 0 Å². The first-order chi connectivity index (χ1) is 15.2. The quantitative estimate of drug-likeness (QED) is 0.551. The lowest BCUT2D eigenvalue weighted by atomic mass is 9.73. The molecule has 0 amide bonds. The number of rotatable bonds is 6. The molecule has 0 spiro atoms. The van der Waals surface area contributed by atoms with Crippen molar-refractivity contribution < 1.29 is 14.4 Å². The number of nitrogens with zero attached hydrogens (tertiary/aromatic N) is 3. The maximum absolute atomic E-state index is 11.0. The van der Waals surface area contributed by atoms with Gasteiger partial charge in [0.15, 0.2) is 0 Å².